The van der Waals surface area contributed by atoms with Crippen LogP contribution in [0.5, 0.6) is 0 Å². The lowest BCUT2D eigenvalue weighted by molar-refractivity contribution is -0.134. The molecule has 9 heteroatoms. The van der Waals surface area contributed by atoms with Gasteiger partial charge in [-0.15, -0.1) is 0 Å². The monoisotopic (exact) mass is 402 g/mol. The number of aliphatic carboxylic acids is 2. The first-order chi connectivity index (χ1) is 13.8. The number of nitrogens with zero attached hydrogens (tertiary/aromatic N) is 3. The Hall–Kier alpha value is -3.20. The van der Waals surface area contributed by atoms with Crippen LogP contribution >= 0.6 is 0 Å². The molecule has 1 fully saturated rings. The highest BCUT2D eigenvalue weighted by Crippen LogP contribution is 2.18. The molecule has 0 atom stereocenters. The molecular formula is C20H26N4O5. The number of para-hydroxylation sites is 2. The van der Waals surface area contributed by atoms with Gasteiger partial charge in [0.1, 0.15) is 0 Å². The average Bonchev–Trinajstić information content (AvgIpc) is 2.95. The van der Waals surface area contributed by atoms with Gasteiger partial charge in [-0.05, 0) is 38.9 Å². The van der Waals surface area contributed by atoms with Crippen molar-refractivity contribution in [1.29, 1.82) is 0 Å². The SMILES string of the molecule is CC(C)n1c(=O)c(N2CCCNCC2)nc2ccccc21.O=C(O)C=CC(=O)O. The van der Waals surface area contributed by atoms with Crippen molar-refractivity contribution in [3.05, 3.63) is 46.8 Å². The Kier molecular flexibility index (Phi) is 7.90. The first-order valence-electron chi connectivity index (χ1n) is 9.42. The minimum atomic E-state index is -1.26. The lowest BCUT2D eigenvalue weighted by Crippen LogP contribution is -2.36. The lowest BCUT2D eigenvalue weighted by atomic mass is 10.2. The quantitative estimate of drug-likeness (QED) is 0.657. The maximum absolute atomic E-state index is 12.9. The van der Waals surface area contributed by atoms with E-state index in [9.17, 15) is 14.4 Å². The second-order valence-electron chi connectivity index (χ2n) is 6.79. The summed E-state index contributed by atoms with van der Waals surface area (Å²) in [7, 11) is 0. The van der Waals surface area contributed by atoms with E-state index in [0.29, 0.717) is 18.0 Å². The van der Waals surface area contributed by atoms with E-state index in [4.69, 9.17) is 10.2 Å². The second-order valence-corrected chi connectivity index (χ2v) is 6.79. The van der Waals surface area contributed by atoms with E-state index in [1.165, 1.54) is 0 Å². The van der Waals surface area contributed by atoms with Crippen molar-refractivity contribution in [2.24, 2.45) is 0 Å². The maximum Gasteiger partial charge on any atom is 0.328 e. The molecule has 0 spiro atoms. The van der Waals surface area contributed by atoms with Crippen molar-refractivity contribution in [3.63, 3.8) is 0 Å². The van der Waals surface area contributed by atoms with E-state index < -0.39 is 11.9 Å². The summed E-state index contributed by atoms with van der Waals surface area (Å²) < 4.78 is 1.86. The van der Waals surface area contributed by atoms with Crippen LogP contribution in [0.1, 0.15) is 26.3 Å². The third-order valence-electron chi connectivity index (χ3n) is 4.30. The van der Waals surface area contributed by atoms with E-state index in [-0.39, 0.29) is 11.6 Å². The number of nitrogens with one attached hydrogen (secondary N) is 1. The van der Waals surface area contributed by atoms with Crippen LogP contribution in [0.3, 0.4) is 0 Å². The van der Waals surface area contributed by atoms with E-state index in [2.05, 4.69) is 15.2 Å². The molecule has 0 radical (unpaired) electrons. The Balaban J connectivity index is 0.000000321. The fraction of sp³-hybridized carbons (Fsp3) is 0.400. The van der Waals surface area contributed by atoms with Gasteiger partial charge in [0.25, 0.3) is 5.56 Å². The molecule has 1 aliphatic heterocycles. The largest absolute Gasteiger partial charge is 0.478 e. The average molecular weight is 402 g/mol. The van der Waals surface area contributed by atoms with Gasteiger partial charge in [-0.1, -0.05) is 12.1 Å². The van der Waals surface area contributed by atoms with Crippen LogP contribution in [0.25, 0.3) is 11.0 Å². The molecule has 0 bridgehead atoms. The Morgan fingerprint density at radius 2 is 1.76 bits per heavy atom. The van der Waals surface area contributed by atoms with Gasteiger partial charge in [-0.25, -0.2) is 14.6 Å². The highest BCUT2D eigenvalue weighted by Gasteiger charge is 2.19. The molecule has 3 rings (SSSR count). The molecule has 3 N–H and O–H groups in total. The van der Waals surface area contributed by atoms with Crippen molar-refractivity contribution >= 4 is 28.8 Å². The molecule has 1 aliphatic rings. The van der Waals surface area contributed by atoms with Crippen LogP contribution < -0.4 is 15.8 Å². The summed E-state index contributed by atoms with van der Waals surface area (Å²) >= 11 is 0. The van der Waals surface area contributed by atoms with Gasteiger partial charge in [0, 0.05) is 37.8 Å². The number of hydrogen-bond acceptors (Lipinski definition) is 6. The number of aromatic nitrogens is 2. The van der Waals surface area contributed by atoms with Crippen molar-refractivity contribution < 1.29 is 19.8 Å². The Morgan fingerprint density at radius 1 is 1.10 bits per heavy atom. The van der Waals surface area contributed by atoms with Crippen molar-refractivity contribution in [2.75, 3.05) is 31.1 Å². The van der Waals surface area contributed by atoms with Crippen LogP contribution in [0.4, 0.5) is 5.82 Å². The smallest absolute Gasteiger partial charge is 0.328 e. The van der Waals surface area contributed by atoms with Crippen LogP contribution in [0, 0.1) is 0 Å². The predicted octanol–water partition coefficient (Wildman–Crippen LogP) is 1.49. The fourth-order valence-electron chi connectivity index (χ4n) is 3.06. The standard InChI is InChI=1S/C16H22N4O.C4H4O4/c1-12(2)20-14-7-4-3-6-13(14)18-15(16(20)21)19-10-5-8-17-9-11-19;5-3(6)1-2-4(7)8/h3-4,6-7,12,17H,5,8-11H2,1-2H3;1-2H,(H,5,6)(H,7,8). The first-order valence-corrected chi connectivity index (χ1v) is 9.42. The van der Waals surface area contributed by atoms with Crippen LogP contribution in [0.2, 0.25) is 0 Å². The van der Waals surface area contributed by atoms with Gasteiger partial charge in [0.15, 0.2) is 5.82 Å². The molecule has 156 valence electrons. The van der Waals surface area contributed by atoms with Crippen LogP contribution in [-0.4, -0.2) is 57.9 Å². The molecule has 0 saturated carbocycles. The minimum absolute atomic E-state index is 0.0191. The van der Waals surface area contributed by atoms with Gasteiger partial charge in [0.2, 0.25) is 0 Å². The Labute approximate surface area is 168 Å². The Bertz CT molecular complexity index is 928. The molecule has 2 heterocycles. The number of rotatable bonds is 4. The highest BCUT2D eigenvalue weighted by atomic mass is 16.4. The number of anilines is 1. The summed E-state index contributed by atoms with van der Waals surface area (Å²) in [6.45, 7) is 7.70. The van der Waals surface area contributed by atoms with Gasteiger partial charge < -0.3 is 25.0 Å². The van der Waals surface area contributed by atoms with Crippen molar-refractivity contribution in [3.8, 4) is 0 Å². The molecule has 1 aromatic carbocycles. The summed E-state index contributed by atoms with van der Waals surface area (Å²) in [5.74, 6) is -1.93. The van der Waals surface area contributed by atoms with Gasteiger partial charge >= 0.3 is 11.9 Å². The van der Waals surface area contributed by atoms with E-state index >= 15 is 0 Å². The molecule has 0 amide bonds. The third kappa shape index (κ3) is 6.15. The summed E-state index contributed by atoms with van der Waals surface area (Å²) in [6, 6.07) is 8.00. The zero-order valence-corrected chi connectivity index (χ0v) is 16.5. The van der Waals surface area contributed by atoms with Crippen molar-refractivity contribution in [1.82, 2.24) is 14.9 Å². The summed E-state index contributed by atoms with van der Waals surface area (Å²) in [5, 5.41) is 19.0. The number of carboxylic acids is 2. The van der Waals surface area contributed by atoms with E-state index in [1.807, 2.05) is 42.7 Å². The normalized spacial score (nSPS) is 14.5. The summed E-state index contributed by atoms with van der Waals surface area (Å²) in [6.07, 6.45) is 2.15. The number of fused-ring (bicyclic) bond motifs is 1. The topological polar surface area (TPSA) is 125 Å². The summed E-state index contributed by atoms with van der Waals surface area (Å²) in [4.78, 5) is 38.7. The molecule has 9 nitrogen and oxygen atoms in total. The highest BCUT2D eigenvalue weighted by molar-refractivity contribution is 5.89. The molecule has 1 aromatic heterocycles. The third-order valence-corrected chi connectivity index (χ3v) is 4.30. The van der Waals surface area contributed by atoms with Gasteiger partial charge in [-0.2, -0.15) is 0 Å². The number of benzene rings is 1. The molecule has 29 heavy (non-hydrogen) atoms. The number of carboxylic acid groups (broad SMARTS) is 2. The molecular weight excluding hydrogens is 376 g/mol. The van der Waals surface area contributed by atoms with Crippen LogP contribution in [0.15, 0.2) is 41.2 Å². The minimum Gasteiger partial charge on any atom is -0.478 e. The molecule has 1 saturated heterocycles. The van der Waals surface area contributed by atoms with E-state index in [1.54, 1.807) is 0 Å². The Morgan fingerprint density at radius 3 is 2.38 bits per heavy atom. The summed E-state index contributed by atoms with van der Waals surface area (Å²) in [5.41, 5.74) is 1.82. The van der Waals surface area contributed by atoms with Crippen molar-refractivity contribution in [2.45, 2.75) is 26.3 Å². The van der Waals surface area contributed by atoms with Crippen LogP contribution in [-0.2, 0) is 9.59 Å². The zero-order valence-electron chi connectivity index (χ0n) is 16.5. The maximum atomic E-state index is 12.9. The van der Waals surface area contributed by atoms with Gasteiger partial charge in [0.05, 0.1) is 11.0 Å². The predicted molar refractivity (Wildman–Crippen MR) is 110 cm³/mol. The lowest BCUT2D eigenvalue weighted by Gasteiger charge is -2.23. The number of carbonyl (C=O) groups is 2. The molecule has 0 unspecified atom stereocenters. The second kappa shape index (κ2) is 10.4. The van der Waals surface area contributed by atoms with Gasteiger partial charge in [-0.3, -0.25) is 4.79 Å². The zero-order chi connectivity index (χ0) is 21.4. The first kappa shape index (κ1) is 22.1. The fourth-order valence-corrected chi connectivity index (χ4v) is 3.06. The molecule has 0 aliphatic carbocycles. The van der Waals surface area contributed by atoms with E-state index in [0.717, 1.165) is 43.6 Å². The molecule has 2 aromatic rings. The number of hydrogen-bond donors (Lipinski definition) is 3.